The van der Waals surface area contributed by atoms with Gasteiger partial charge in [-0.2, -0.15) is 0 Å². The van der Waals surface area contributed by atoms with Gasteiger partial charge in [-0.3, -0.25) is 0 Å². The van der Waals surface area contributed by atoms with Crippen LogP contribution in [0.2, 0.25) is 0 Å². The molecule has 0 amide bonds. The molecule has 0 fully saturated rings. The van der Waals surface area contributed by atoms with Crippen LogP contribution in [0.1, 0.15) is 24.8 Å². The van der Waals surface area contributed by atoms with Crippen LogP contribution in [0.25, 0.3) is 10.3 Å². The molecule has 0 saturated heterocycles. The monoisotopic (exact) mass is 178 g/mol. The SMILES string of the molecule is CC(C)c1nc2ncccc2s1. The van der Waals surface area contributed by atoms with Crippen LogP contribution in [-0.4, -0.2) is 9.97 Å². The molecule has 0 bridgehead atoms. The predicted octanol–water partition coefficient (Wildman–Crippen LogP) is 2.81. The number of hydrogen-bond donors (Lipinski definition) is 0. The molecule has 2 heterocycles. The van der Waals surface area contributed by atoms with Gasteiger partial charge in [-0.1, -0.05) is 13.8 Å². The Morgan fingerprint density at radius 1 is 1.42 bits per heavy atom. The number of thiazole rings is 1. The maximum atomic E-state index is 4.42. The molecule has 0 radical (unpaired) electrons. The summed E-state index contributed by atoms with van der Waals surface area (Å²) in [6.45, 7) is 4.30. The lowest BCUT2D eigenvalue weighted by molar-refractivity contribution is 0.855. The normalized spacial score (nSPS) is 11.2. The summed E-state index contributed by atoms with van der Waals surface area (Å²) in [7, 11) is 0. The summed E-state index contributed by atoms with van der Waals surface area (Å²) in [5.74, 6) is 0.504. The van der Waals surface area contributed by atoms with Crippen molar-refractivity contribution in [1.29, 1.82) is 0 Å². The van der Waals surface area contributed by atoms with Crippen LogP contribution in [0.15, 0.2) is 18.3 Å². The minimum atomic E-state index is 0.504. The highest BCUT2D eigenvalue weighted by Crippen LogP contribution is 2.25. The molecule has 2 rings (SSSR count). The maximum Gasteiger partial charge on any atom is 0.170 e. The molecule has 0 aliphatic heterocycles. The standard InChI is InChI=1S/C9H10N2S/c1-6(2)9-11-8-7(12-9)4-3-5-10-8/h3-6H,1-2H3. The van der Waals surface area contributed by atoms with Gasteiger partial charge in [-0.05, 0) is 12.1 Å². The highest BCUT2D eigenvalue weighted by atomic mass is 32.1. The Morgan fingerprint density at radius 3 is 2.92 bits per heavy atom. The Hall–Kier alpha value is -0.960. The summed E-state index contributed by atoms with van der Waals surface area (Å²) in [6.07, 6.45) is 1.78. The van der Waals surface area contributed by atoms with E-state index < -0.39 is 0 Å². The van der Waals surface area contributed by atoms with Gasteiger partial charge in [0.25, 0.3) is 0 Å². The number of pyridine rings is 1. The zero-order valence-corrected chi connectivity index (χ0v) is 7.93. The summed E-state index contributed by atoms with van der Waals surface area (Å²) in [5, 5.41) is 1.17. The lowest BCUT2D eigenvalue weighted by Crippen LogP contribution is -1.83. The van der Waals surface area contributed by atoms with E-state index in [0.29, 0.717) is 5.92 Å². The highest BCUT2D eigenvalue weighted by molar-refractivity contribution is 7.18. The molecule has 62 valence electrons. The Bertz CT molecular complexity index is 359. The quantitative estimate of drug-likeness (QED) is 0.671. The Kier molecular flexibility index (Phi) is 1.81. The Labute approximate surface area is 75.3 Å². The topological polar surface area (TPSA) is 25.8 Å². The second-order valence-electron chi connectivity index (χ2n) is 3.03. The second kappa shape index (κ2) is 2.83. The van der Waals surface area contributed by atoms with Gasteiger partial charge in [0.2, 0.25) is 0 Å². The smallest absolute Gasteiger partial charge is 0.170 e. The minimum Gasteiger partial charge on any atom is -0.236 e. The first-order valence-electron chi connectivity index (χ1n) is 3.99. The number of nitrogens with zero attached hydrogens (tertiary/aromatic N) is 2. The molecular weight excluding hydrogens is 168 g/mol. The molecule has 0 spiro atoms. The summed E-state index contributed by atoms with van der Waals surface area (Å²) in [4.78, 5) is 8.60. The summed E-state index contributed by atoms with van der Waals surface area (Å²) in [6, 6.07) is 4.01. The molecule has 2 nitrogen and oxygen atoms in total. The summed E-state index contributed by atoms with van der Waals surface area (Å²) in [5.41, 5.74) is 0.881. The fourth-order valence-corrected chi connectivity index (χ4v) is 1.96. The van der Waals surface area contributed by atoms with Crippen molar-refractivity contribution in [2.75, 3.05) is 0 Å². The van der Waals surface area contributed by atoms with Gasteiger partial charge in [0.15, 0.2) is 5.65 Å². The van der Waals surface area contributed by atoms with Crippen molar-refractivity contribution in [2.45, 2.75) is 19.8 Å². The lowest BCUT2D eigenvalue weighted by atomic mass is 10.2. The van der Waals surface area contributed by atoms with Gasteiger partial charge < -0.3 is 0 Å². The van der Waals surface area contributed by atoms with Crippen molar-refractivity contribution in [3.63, 3.8) is 0 Å². The molecular formula is C9H10N2S. The minimum absolute atomic E-state index is 0.504. The van der Waals surface area contributed by atoms with Gasteiger partial charge in [-0.25, -0.2) is 9.97 Å². The van der Waals surface area contributed by atoms with Crippen molar-refractivity contribution in [3.8, 4) is 0 Å². The first-order chi connectivity index (χ1) is 5.77. The molecule has 0 unspecified atom stereocenters. The van der Waals surface area contributed by atoms with Crippen LogP contribution in [0.4, 0.5) is 0 Å². The first-order valence-corrected chi connectivity index (χ1v) is 4.80. The number of hydrogen-bond acceptors (Lipinski definition) is 3. The molecule has 0 atom stereocenters. The Morgan fingerprint density at radius 2 is 2.25 bits per heavy atom. The lowest BCUT2D eigenvalue weighted by Gasteiger charge is -1.93. The van der Waals surface area contributed by atoms with E-state index in [2.05, 4.69) is 29.9 Å². The molecule has 2 aromatic rings. The summed E-state index contributed by atoms with van der Waals surface area (Å²) >= 11 is 1.73. The van der Waals surface area contributed by atoms with Crippen LogP contribution in [0.5, 0.6) is 0 Å². The van der Waals surface area contributed by atoms with E-state index >= 15 is 0 Å². The van der Waals surface area contributed by atoms with Crippen molar-refractivity contribution in [2.24, 2.45) is 0 Å². The zero-order valence-electron chi connectivity index (χ0n) is 7.11. The molecule has 3 heteroatoms. The van der Waals surface area contributed by atoms with Crippen LogP contribution < -0.4 is 0 Å². The van der Waals surface area contributed by atoms with E-state index in [-0.39, 0.29) is 0 Å². The van der Waals surface area contributed by atoms with Gasteiger partial charge in [0.05, 0.1) is 9.71 Å². The highest BCUT2D eigenvalue weighted by Gasteiger charge is 2.06. The average Bonchev–Trinajstić information content (AvgIpc) is 2.46. The molecule has 0 aromatic carbocycles. The predicted molar refractivity (Wildman–Crippen MR) is 51.5 cm³/mol. The van der Waals surface area contributed by atoms with Gasteiger partial charge in [0.1, 0.15) is 0 Å². The van der Waals surface area contributed by atoms with Crippen molar-refractivity contribution < 1.29 is 0 Å². The molecule has 0 aliphatic rings. The van der Waals surface area contributed by atoms with Crippen molar-refractivity contribution >= 4 is 21.7 Å². The van der Waals surface area contributed by atoms with Gasteiger partial charge in [0, 0.05) is 12.1 Å². The average molecular weight is 178 g/mol. The molecule has 0 N–H and O–H groups in total. The third-order valence-electron chi connectivity index (χ3n) is 1.68. The van der Waals surface area contributed by atoms with Crippen LogP contribution >= 0.6 is 11.3 Å². The largest absolute Gasteiger partial charge is 0.236 e. The van der Waals surface area contributed by atoms with E-state index in [4.69, 9.17) is 0 Å². The van der Waals surface area contributed by atoms with Crippen LogP contribution in [0, 0.1) is 0 Å². The second-order valence-corrected chi connectivity index (χ2v) is 4.09. The van der Waals surface area contributed by atoms with Crippen molar-refractivity contribution in [3.05, 3.63) is 23.3 Å². The van der Waals surface area contributed by atoms with Crippen LogP contribution in [0.3, 0.4) is 0 Å². The van der Waals surface area contributed by atoms with E-state index in [1.165, 1.54) is 9.71 Å². The fourth-order valence-electron chi connectivity index (χ4n) is 1.03. The zero-order chi connectivity index (χ0) is 8.55. The number of rotatable bonds is 1. The van der Waals surface area contributed by atoms with E-state index in [1.807, 2.05) is 6.07 Å². The van der Waals surface area contributed by atoms with E-state index in [1.54, 1.807) is 17.5 Å². The maximum absolute atomic E-state index is 4.42. The summed E-state index contributed by atoms with van der Waals surface area (Å²) < 4.78 is 1.18. The number of fused-ring (bicyclic) bond motifs is 1. The molecule has 0 saturated carbocycles. The fraction of sp³-hybridized carbons (Fsp3) is 0.333. The first kappa shape index (κ1) is 7.68. The van der Waals surface area contributed by atoms with E-state index in [0.717, 1.165) is 5.65 Å². The Balaban J connectivity index is 2.62. The number of aromatic nitrogens is 2. The van der Waals surface area contributed by atoms with Crippen LogP contribution in [-0.2, 0) is 0 Å². The van der Waals surface area contributed by atoms with Gasteiger partial charge >= 0.3 is 0 Å². The molecule has 2 aromatic heterocycles. The van der Waals surface area contributed by atoms with E-state index in [9.17, 15) is 0 Å². The molecule has 12 heavy (non-hydrogen) atoms. The molecule has 0 aliphatic carbocycles. The third kappa shape index (κ3) is 1.20. The van der Waals surface area contributed by atoms with Crippen molar-refractivity contribution in [1.82, 2.24) is 9.97 Å². The third-order valence-corrected chi connectivity index (χ3v) is 2.99. The van der Waals surface area contributed by atoms with Gasteiger partial charge in [-0.15, -0.1) is 11.3 Å².